The molecule has 15 nitrogen and oxygen atoms in total. The fourth-order valence-corrected chi connectivity index (χ4v) is 10.4. The van der Waals surface area contributed by atoms with E-state index >= 15 is 0 Å². The van der Waals surface area contributed by atoms with Gasteiger partial charge >= 0.3 is 5.97 Å². The van der Waals surface area contributed by atoms with Crippen LogP contribution < -0.4 is 16.1 Å². The summed E-state index contributed by atoms with van der Waals surface area (Å²) in [5, 5.41) is 8.76. The number of rotatable bonds is 9. The number of ether oxygens (including phenoxy) is 2. The summed E-state index contributed by atoms with van der Waals surface area (Å²) in [6.45, 7) is 14.8. The number of likely N-dealkylation sites (tertiary alicyclic amines) is 1. The summed E-state index contributed by atoms with van der Waals surface area (Å²) in [5.74, 6) is 3.02. The van der Waals surface area contributed by atoms with Crippen molar-refractivity contribution in [3.8, 4) is 34.2 Å². The first kappa shape index (κ1) is 49.3. The second kappa shape index (κ2) is 20.9. The molecule has 4 aromatic rings. The van der Waals surface area contributed by atoms with Crippen molar-refractivity contribution in [2.24, 2.45) is 17.3 Å². The SMILES string of the molecule is CCn1c(-c2cccnc2[C@H](C)OC)c2c3cc(ccc31)-c1cccc(c1)C[C@H](NC(=O)C(C(C)C)N(C)C(=O)[C@H]1CCN(C(=O)C#C[C@@H]3CCN3)C1)C(=O)N1CCC[C@H](N1)C(=O)OCC(C)(C)C2. The van der Waals surface area contributed by atoms with Crippen molar-refractivity contribution < 1.29 is 33.4 Å². The lowest BCUT2D eigenvalue weighted by molar-refractivity contribution is -0.155. The van der Waals surface area contributed by atoms with E-state index in [2.05, 4.69) is 89.6 Å². The van der Waals surface area contributed by atoms with Crippen LogP contribution in [0, 0.1) is 29.1 Å². The molecule has 2 aromatic heterocycles. The molecule has 3 fully saturated rings. The molecule has 15 heteroatoms. The maximum absolute atomic E-state index is 14.8. The fraction of sp³-hybridized carbons (Fsp3) is 0.519. The van der Waals surface area contributed by atoms with E-state index in [4.69, 9.17) is 14.5 Å². The third-order valence-corrected chi connectivity index (χ3v) is 14.3. The zero-order valence-electron chi connectivity index (χ0n) is 41.4. The molecule has 0 saturated carbocycles. The molecule has 8 rings (SSSR count). The van der Waals surface area contributed by atoms with Crippen molar-refractivity contribution in [3.63, 3.8) is 0 Å². The van der Waals surface area contributed by atoms with Gasteiger partial charge in [0.15, 0.2) is 0 Å². The average Bonchev–Trinajstić information content (AvgIpc) is 3.94. The summed E-state index contributed by atoms with van der Waals surface area (Å²) in [6.07, 6.45) is 4.65. The summed E-state index contributed by atoms with van der Waals surface area (Å²) >= 11 is 0. The first-order valence-corrected chi connectivity index (χ1v) is 24.6. The van der Waals surface area contributed by atoms with Gasteiger partial charge in [-0.2, -0.15) is 0 Å². The van der Waals surface area contributed by atoms with Crippen LogP contribution in [0.3, 0.4) is 0 Å². The standard InChI is InChI=1S/C54H68N8O7/c1-9-61-45-19-17-37-29-41(45)42(49(61)40-15-11-23-56-47(40)34(4)68-8)30-54(5,6)32-69-53(67)43-16-12-25-62(58-43)52(66)44(28-35-13-10-14-36(37)27-35)57-50(64)48(33(2)3)59(7)51(65)38-22-26-60(31-38)46(63)20-18-39-21-24-55-39/h10-11,13-15,17,19,23,27,29,33-34,38-39,43-44,48,55,58H,9,12,16,21-22,24-26,28,30-32H2,1-8H3,(H,57,64)/t34-,38-,39+,43-,44-,48?/m0/s1. The molecule has 69 heavy (non-hydrogen) atoms. The van der Waals surface area contributed by atoms with Crippen LogP contribution in [-0.4, -0.2) is 125 Å². The number of carbonyl (C=O) groups is 5. The summed E-state index contributed by atoms with van der Waals surface area (Å²) in [7, 11) is 3.31. The van der Waals surface area contributed by atoms with E-state index in [0.717, 1.165) is 63.1 Å². The van der Waals surface area contributed by atoms with Gasteiger partial charge in [-0.1, -0.05) is 63.9 Å². The Kier molecular flexibility index (Phi) is 14.9. The third-order valence-electron chi connectivity index (χ3n) is 14.3. The molecule has 6 heterocycles. The largest absolute Gasteiger partial charge is 0.464 e. The smallest absolute Gasteiger partial charge is 0.324 e. The lowest BCUT2D eigenvalue weighted by Gasteiger charge is -2.37. The maximum Gasteiger partial charge on any atom is 0.324 e. The number of aryl methyl sites for hydroxylation is 1. The van der Waals surface area contributed by atoms with Gasteiger partial charge in [-0.05, 0) is 111 Å². The number of fused-ring (bicyclic) bond motifs is 6. The molecule has 3 saturated heterocycles. The predicted octanol–water partition coefficient (Wildman–Crippen LogP) is 5.44. The number of nitrogens with one attached hydrogen (secondary N) is 3. The van der Waals surface area contributed by atoms with E-state index in [1.54, 1.807) is 25.3 Å². The van der Waals surface area contributed by atoms with Gasteiger partial charge in [0, 0.05) is 74.8 Å². The quantitative estimate of drug-likeness (QED) is 0.145. The highest BCUT2D eigenvalue weighted by molar-refractivity contribution is 5.97. The van der Waals surface area contributed by atoms with Crippen molar-refractivity contribution in [1.82, 2.24) is 40.4 Å². The third kappa shape index (κ3) is 10.6. The van der Waals surface area contributed by atoms with E-state index in [1.165, 1.54) is 9.91 Å². The Labute approximate surface area is 406 Å². The normalized spacial score (nSPS) is 22.4. The Bertz CT molecular complexity index is 2660. The Morgan fingerprint density at radius 3 is 2.54 bits per heavy atom. The number of cyclic esters (lactones) is 1. The highest BCUT2D eigenvalue weighted by Crippen LogP contribution is 2.42. The molecule has 366 valence electrons. The highest BCUT2D eigenvalue weighted by Gasteiger charge is 2.40. The molecule has 4 amide bonds. The predicted molar refractivity (Wildman–Crippen MR) is 264 cm³/mol. The number of likely N-dealkylation sites (N-methyl/N-ethyl adjacent to an activating group) is 1. The number of pyridine rings is 1. The molecule has 6 bridgehead atoms. The number of amides is 4. The molecule has 0 spiro atoms. The van der Waals surface area contributed by atoms with Crippen molar-refractivity contribution in [3.05, 3.63) is 77.6 Å². The van der Waals surface area contributed by atoms with Crippen LogP contribution >= 0.6 is 0 Å². The molecule has 6 atom stereocenters. The van der Waals surface area contributed by atoms with Gasteiger partial charge < -0.3 is 34.5 Å². The minimum absolute atomic E-state index is 0.0241. The van der Waals surface area contributed by atoms with Gasteiger partial charge in [0.1, 0.15) is 18.1 Å². The second-order valence-electron chi connectivity index (χ2n) is 20.3. The average molecular weight is 941 g/mol. The zero-order valence-corrected chi connectivity index (χ0v) is 41.4. The van der Waals surface area contributed by atoms with Crippen LogP contribution in [-0.2, 0) is 52.8 Å². The van der Waals surface area contributed by atoms with E-state index in [-0.39, 0.29) is 49.5 Å². The Morgan fingerprint density at radius 1 is 1.03 bits per heavy atom. The van der Waals surface area contributed by atoms with Crippen molar-refractivity contribution in [2.45, 2.75) is 117 Å². The first-order valence-electron chi connectivity index (χ1n) is 24.6. The minimum atomic E-state index is -1.06. The number of hydrogen-bond acceptors (Lipinski definition) is 10. The molecule has 0 radical (unpaired) electrons. The summed E-state index contributed by atoms with van der Waals surface area (Å²) in [5.41, 5.74) is 10.5. The summed E-state index contributed by atoms with van der Waals surface area (Å²) in [6, 6.07) is 15.9. The van der Waals surface area contributed by atoms with Gasteiger partial charge in [-0.3, -0.25) is 34.0 Å². The highest BCUT2D eigenvalue weighted by atomic mass is 16.5. The number of esters is 1. The molecular formula is C54H68N8O7. The number of hydrogen-bond donors (Lipinski definition) is 3. The summed E-state index contributed by atoms with van der Waals surface area (Å²) < 4.78 is 14.3. The molecule has 1 unspecified atom stereocenters. The van der Waals surface area contributed by atoms with Crippen molar-refractivity contribution in [2.75, 3.05) is 46.9 Å². The number of benzene rings is 2. The lowest BCUT2D eigenvalue weighted by atomic mass is 9.84. The van der Waals surface area contributed by atoms with E-state index in [0.29, 0.717) is 45.3 Å². The van der Waals surface area contributed by atoms with Crippen LogP contribution in [0.2, 0.25) is 0 Å². The summed E-state index contributed by atoms with van der Waals surface area (Å²) in [4.78, 5) is 78.3. The molecule has 4 aliphatic heterocycles. The van der Waals surface area contributed by atoms with Crippen LogP contribution in [0.25, 0.3) is 33.3 Å². The zero-order chi connectivity index (χ0) is 49.1. The van der Waals surface area contributed by atoms with Crippen molar-refractivity contribution >= 4 is 40.5 Å². The number of hydrazine groups is 1. The van der Waals surface area contributed by atoms with Crippen LogP contribution in [0.1, 0.15) is 90.2 Å². The Morgan fingerprint density at radius 2 is 1.81 bits per heavy atom. The number of nitrogens with zero attached hydrogens (tertiary/aromatic N) is 5. The molecule has 4 aliphatic rings. The van der Waals surface area contributed by atoms with Gasteiger partial charge in [0.05, 0.1) is 36.1 Å². The molecule has 2 aromatic carbocycles. The van der Waals surface area contributed by atoms with Crippen molar-refractivity contribution in [1.29, 1.82) is 0 Å². The Hall–Kier alpha value is -6.08. The van der Waals surface area contributed by atoms with E-state index < -0.39 is 47.2 Å². The van der Waals surface area contributed by atoms with Crippen LogP contribution in [0.15, 0.2) is 60.8 Å². The van der Waals surface area contributed by atoms with Gasteiger partial charge in [-0.15, -0.1) is 0 Å². The molecule has 3 N–H and O–H groups in total. The van der Waals surface area contributed by atoms with E-state index in [1.807, 2.05) is 39.0 Å². The monoisotopic (exact) mass is 941 g/mol. The van der Waals surface area contributed by atoms with Crippen LogP contribution in [0.4, 0.5) is 0 Å². The first-order chi connectivity index (χ1) is 33.1. The molecular weight excluding hydrogens is 873 g/mol. The topological polar surface area (TPSA) is 167 Å². The second-order valence-corrected chi connectivity index (χ2v) is 20.3. The number of carbonyl (C=O) groups excluding carboxylic acids is 5. The Balaban J connectivity index is 1.13. The fourth-order valence-electron chi connectivity index (χ4n) is 10.4. The van der Waals surface area contributed by atoms with Crippen LogP contribution in [0.5, 0.6) is 0 Å². The van der Waals surface area contributed by atoms with E-state index in [9.17, 15) is 24.0 Å². The maximum atomic E-state index is 14.8. The van der Waals surface area contributed by atoms with Gasteiger partial charge in [0.2, 0.25) is 11.8 Å². The number of aromatic nitrogens is 2. The lowest BCUT2D eigenvalue weighted by Crippen LogP contribution is -2.62. The number of methoxy groups -OCH3 is 1. The molecule has 0 aliphatic carbocycles. The minimum Gasteiger partial charge on any atom is -0.464 e. The van der Waals surface area contributed by atoms with Gasteiger partial charge in [0.25, 0.3) is 11.8 Å². The van der Waals surface area contributed by atoms with Gasteiger partial charge in [-0.25, -0.2) is 5.43 Å².